The van der Waals surface area contributed by atoms with E-state index in [0.717, 1.165) is 0 Å². The van der Waals surface area contributed by atoms with E-state index in [1.807, 2.05) is 0 Å². The van der Waals surface area contributed by atoms with E-state index in [9.17, 15) is 0 Å². The van der Waals surface area contributed by atoms with Crippen LogP contribution in [-0.2, 0) is 4.52 Å². The molecule has 0 spiro atoms. The Labute approximate surface area is 58.3 Å². The van der Waals surface area contributed by atoms with E-state index in [4.69, 9.17) is 34.1 Å². The molecule has 0 heterocycles. The maximum Gasteiger partial charge on any atom is 0.227 e. The Hall–Kier alpha value is 1.26. The first kappa shape index (κ1) is 8.26. The van der Waals surface area contributed by atoms with Crippen molar-refractivity contribution in [2.24, 2.45) is 0 Å². The van der Waals surface area contributed by atoms with Crippen molar-refractivity contribution in [1.29, 1.82) is 0 Å². The Morgan fingerprint density at radius 3 is 2.00 bits per heavy atom. The van der Waals surface area contributed by atoms with E-state index in [2.05, 4.69) is 4.52 Å². The zero-order valence-corrected chi connectivity index (χ0v) is 6.73. The molecule has 1 atom stereocenters. The van der Waals surface area contributed by atoms with Gasteiger partial charge in [-0.25, -0.2) is 0 Å². The fourth-order valence-corrected chi connectivity index (χ4v) is 1.53. The van der Waals surface area contributed by atoms with Crippen LogP contribution < -0.4 is 0 Å². The maximum absolute atomic E-state index is 5.30. The molecule has 0 aromatic rings. The Morgan fingerprint density at radius 1 is 1.57 bits per heavy atom. The average molecular weight is 181 g/mol. The zero-order valence-electron chi connectivity index (χ0n) is 3.57. The van der Waals surface area contributed by atoms with Gasteiger partial charge in [0, 0.05) is 0 Å². The van der Waals surface area contributed by atoms with Crippen molar-refractivity contribution >= 4 is 40.9 Å². The molecule has 0 N–H and O–H groups in total. The highest BCUT2D eigenvalue weighted by Crippen LogP contribution is 2.49. The Kier molecular flexibility index (Phi) is 4.92. The molecule has 0 fully saturated rings. The smallest absolute Gasteiger partial charge is 0.227 e. The van der Waals surface area contributed by atoms with E-state index in [0.29, 0.717) is 0 Å². The van der Waals surface area contributed by atoms with Gasteiger partial charge < -0.3 is 4.52 Å². The predicted octanol–water partition coefficient (Wildman–Crippen LogP) is 3.29. The molecule has 1 unspecified atom stereocenters. The normalized spacial score (nSPS) is 15.0. The van der Waals surface area contributed by atoms with Crippen LogP contribution in [-0.4, -0.2) is 5.56 Å². The van der Waals surface area contributed by atoms with E-state index >= 15 is 0 Å². The second-order valence-corrected chi connectivity index (χ2v) is 4.44. The van der Waals surface area contributed by atoms with Gasteiger partial charge in [0.1, 0.15) is 5.56 Å². The first-order valence-electron chi connectivity index (χ1n) is 1.55. The standard InChI is InChI=1S/C2H4Cl3OP/c1-2(3)6-7(4)5/h2H,1H3. The van der Waals surface area contributed by atoms with Gasteiger partial charge in [-0.05, 0) is 29.4 Å². The summed E-state index contributed by atoms with van der Waals surface area (Å²) in [7, 11) is 0. The molecule has 0 rings (SSSR count). The van der Waals surface area contributed by atoms with Gasteiger partial charge in [0.2, 0.25) is 6.85 Å². The number of hydrogen-bond donors (Lipinski definition) is 0. The molecule has 0 aromatic heterocycles. The van der Waals surface area contributed by atoms with Crippen molar-refractivity contribution in [3.8, 4) is 0 Å². The lowest BCUT2D eigenvalue weighted by Gasteiger charge is -2.01. The highest BCUT2D eigenvalue weighted by Gasteiger charge is 2.02. The first-order chi connectivity index (χ1) is 3.13. The van der Waals surface area contributed by atoms with E-state index in [-0.39, 0.29) is 5.56 Å². The number of alkyl halides is 1. The molecule has 0 aliphatic carbocycles. The minimum absolute atomic E-state index is 0.388. The minimum atomic E-state index is -1.33. The van der Waals surface area contributed by atoms with Crippen molar-refractivity contribution in [3.63, 3.8) is 0 Å². The molecular formula is C2H4Cl3OP. The van der Waals surface area contributed by atoms with Gasteiger partial charge in [-0.1, -0.05) is 11.6 Å². The first-order valence-corrected chi connectivity index (χ1v) is 5.06. The van der Waals surface area contributed by atoms with Crippen molar-refractivity contribution in [2.45, 2.75) is 12.5 Å². The summed E-state index contributed by atoms with van der Waals surface area (Å²) in [6.45, 7) is 0.327. The largest absolute Gasteiger partial charge is 0.312 e. The third-order valence-corrected chi connectivity index (χ3v) is 1.39. The van der Waals surface area contributed by atoms with Crippen molar-refractivity contribution in [2.75, 3.05) is 0 Å². The number of rotatable bonds is 2. The molecule has 7 heavy (non-hydrogen) atoms. The van der Waals surface area contributed by atoms with Gasteiger partial charge in [-0.15, -0.1) is 0 Å². The highest BCUT2D eigenvalue weighted by atomic mass is 35.9. The van der Waals surface area contributed by atoms with Gasteiger partial charge in [-0.2, -0.15) is 0 Å². The molecule has 0 amide bonds. The molecule has 0 saturated heterocycles. The van der Waals surface area contributed by atoms with E-state index in [1.165, 1.54) is 0 Å². The van der Waals surface area contributed by atoms with Gasteiger partial charge in [0.05, 0.1) is 0 Å². The number of halogens is 3. The molecule has 0 aliphatic heterocycles. The Balaban J connectivity index is 2.95. The van der Waals surface area contributed by atoms with Gasteiger partial charge in [0.25, 0.3) is 0 Å². The SMILES string of the molecule is CC(Cl)OP(Cl)Cl. The molecular weight excluding hydrogens is 177 g/mol. The number of hydrogen-bond acceptors (Lipinski definition) is 1. The van der Waals surface area contributed by atoms with Crippen LogP contribution >= 0.6 is 40.9 Å². The van der Waals surface area contributed by atoms with Crippen molar-refractivity contribution in [3.05, 3.63) is 0 Å². The Morgan fingerprint density at radius 2 is 2.00 bits per heavy atom. The van der Waals surface area contributed by atoms with Gasteiger partial charge in [-0.3, -0.25) is 0 Å². The molecule has 5 heteroatoms. The molecule has 0 bridgehead atoms. The lowest BCUT2D eigenvalue weighted by Crippen LogP contribution is -1.87. The summed E-state index contributed by atoms with van der Waals surface area (Å²) in [4.78, 5) is 0. The molecule has 44 valence electrons. The zero-order chi connectivity index (χ0) is 5.86. The predicted molar refractivity (Wildman–Crippen MR) is 35.0 cm³/mol. The maximum atomic E-state index is 5.30. The molecule has 0 aliphatic rings. The van der Waals surface area contributed by atoms with Crippen molar-refractivity contribution in [1.82, 2.24) is 0 Å². The summed E-state index contributed by atoms with van der Waals surface area (Å²) in [5.41, 5.74) is -0.388. The highest BCUT2D eigenvalue weighted by molar-refractivity contribution is 8.00. The molecule has 1 nitrogen and oxygen atoms in total. The average Bonchev–Trinajstić information content (AvgIpc) is 1.27. The van der Waals surface area contributed by atoms with Crippen LogP contribution in [0.25, 0.3) is 0 Å². The van der Waals surface area contributed by atoms with Crippen LogP contribution in [0.4, 0.5) is 0 Å². The lowest BCUT2D eigenvalue weighted by atomic mass is 10.9. The fourth-order valence-electron chi connectivity index (χ4n) is 0.110. The fraction of sp³-hybridized carbons (Fsp3) is 1.00. The van der Waals surface area contributed by atoms with Gasteiger partial charge in [0.15, 0.2) is 0 Å². The van der Waals surface area contributed by atoms with E-state index < -0.39 is 6.85 Å². The third-order valence-electron chi connectivity index (χ3n) is 0.225. The second kappa shape index (κ2) is 4.17. The van der Waals surface area contributed by atoms with Crippen LogP contribution in [0.15, 0.2) is 0 Å². The second-order valence-electron chi connectivity index (χ2n) is 0.850. The summed E-state index contributed by atoms with van der Waals surface area (Å²) < 4.78 is 4.61. The summed E-state index contributed by atoms with van der Waals surface area (Å²) in [6, 6.07) is 0. The molecule has 0 saturated carbocycles. The summed E-state index contributed by atoms with van der Waals surface area (Å²) in [6.07, 6.45) is 0. The topological polar surface area (TPSA) is 9.23 Å². The van der Waals surface area contributed by atoms with Crippen LogP contribution in [0.2, 0.25) is 0 Å². The summed E-state index contributed by atoms with van der Waals surface area (Å²) in [5, 5.41) is 0. The summed E-state index contributed by atoms with van der Waals surface area (Å²) >= 11 is 15.7. The van der Waals surface area contributed by atoms with Crippen molar-refractivity contribution < 1.29 is 4.52 Å². The molecule has 0 radical (unpaired) electrons. The van der Waals surface area contributed by atoms with Crippen LogP contribution in [0.5, 0.6) is 0 Å². The molecule has 0 aromatic carbocycles. The minimum Gasteiger partial charge on any atom is -0.312 e. The quantitative estimate of drug-likeness (QED) is 0.469. The summed E-state index contributed by atoms with van der Waals surface area (Å²) in [5.74, 6) is 0. The third kappa shape index (κ3) is 7.26. The van der Waals surface area contributed by atoms with E-state index in [1.54, 1.807) is 6.92 Å². The monoisotopic (exact) mass is 180 g/mol. The lowest BCUT2D eigenvalue weighted by molar-refractivity contribution is 0.349. The van der Waals surface area contributed by atoms with Crippen LogP contribution in [0, 0.1) is 0 Å². The van der Waals surface area contributed by atoms with Gasteiger partial charge >= 0.3 is 0 Å². The van der Waals surface area contributed by atoms with Crippen LogP contribution in [0.1, 0.15) is 6.92 Å². The Bertz CT molecular complexity index is 42.2. The van der Waals surface area contributed by atoms with Crippen LogP contribution in [0.3, 0.4) is 0 Å².